The van der Waals surface area contributed by atoms with Crippen LogP contribution >= 0.6 is 0 Å². The summed E-state index contributed by atoms with van der Waals surface area (Å²) in [4.78, 5) is 4.12. The van der Waals surface area contributed by atoms with E-state index in [1.807, 2.05) is 42.5 Å². The summed E-state index contributed by atoms with van der Waals surface area (Å²) in [7, 11) is 0. The molecule has 0 fully saturated rings. The fraction of sp³-hybridized carbons (Fsp3) is 0.0588. The van der Waals surface area contributed by atoms with Crippen molar-refractivity contribution in [3.05, 3.63) is 60.4 Å². The van der Waals surface area contributed by atoms with Gasteiger partial charge < -0.3 is 11.1 Å². The summed E-state index contributed by atoms with van der Waals surface area (Å²) >= 11 is 0. The third-order valence-electron chi connectivity index (χ3n) is 3.37. The van der Waals surface area contributed by atoms with Crippen LogP contribution in [0.3, 0.4) is 0 Å². The maximum Gasteiger partial charge on any atom is 0.0669 e. The summed E-state index contributed by atoms with van der Waals surface area (Å²) < 4.78 is 0. The summed E-state index contributed by atoms with van der Waals surface area (Å²) in [5.74, 6) is 0. The standard InChI is InChI=1S/C17H14N4/c18-9-7-12-1-3-13(4-2-12)21-17-6-5-16(19)15-11-20-10-8-14(15)17/h1-6,8,10-11,21H,7,19H2. The summed E-state index contributed by atoms with van der Waals surface area (Å²) in [5, 5.41) is 14.0. The third kappa shape index (κ3) is 2.63. The first kappa shape index (κ1) is 12.9. The molecule has 0 bridgehead atoms. The lowest BCUT2D eigenvalue weighted by Crippen LogP contribution is -1.95. The van der Waals surface area contributed by atoms with E-state index in [0.717, 1.165) is 27.7 Å². The van der Waals surface area contributed by atoms with Crippen molar-refractivity contribution >= 4 is 27.8 Å². The highest BCUT2D eigenvalue weighted by Gasteiger charge is 2.04. The number of aromatic nitrogens is 1. The fourth-order valence-electron chi connectivity index (χ4n) is 2.27. The lowest BCUT2D eigenvalue weighted by molar-refractivity contribution is 1.26. The number of nitriles is 1. The molecule has 0 spiro atoms. The van der Waals surface area contributed by atoms with Gasteiger partial charge in [0.1, 0.15) is 0 Å². The van der Waals surface area contributed by atoms with Gasteiger partial charge in [0.05, 0.1) is 12.5 Å². The normalized spacial score (nSPS) is 10.2. The van der Waals surface area contributed by atoms with Crippen LogP contribution in [0.1, 0.15) is 5.56 Å². The summed E-state index contributed by atoms with van der Waals surface area (Å²) in [5.41, 5.74) is 9.65. The molecule has 4 nitrogen and oxygen atoms in total. The minimum atomic E-state index is 0.427. The first-order valence-corrected chi connectivity index (χ1v) is 6.63. The van der Waals surface area contributed by atoms with E-state index in [4.69, 9.17) is 11.0 Å². The highest BCUT2D eigenvalue weighted by Crippen LogP contribution is 2.29. The second-order valence-corrected chi connectivity index (χ2v) is 4.78. The molecule has 0 unspecified atom stereocenters. The van der Waals surface area contributed by atoms with Gasteiger partial charge in [0.25, 0.3) is 0 Å². The summed E-state index contributed by atoms with van der Waals surface area (Å²) in [6, 6.07) is 15.8. The SMILES string of the molecule is N#CCc1ccc(Nc2ccc(N)c3cnccc23)cc1. The van der Waals surface area contributed by atoms with Gasteiger partial charge in [-0.2, -0.15) is 5.26 Å². The number of rotatable bonds is 3. The Balaban J connectivity index is 1.95. The van der Waals surface area contributed by atoms with Gasteiger partial charge in [-0.05, 0) is 35.9 Å². The molecule has 0 aliphatic heterocycles. The topological polar surface area (TPSA) is 74.7 Å². The van der Waals surface area contributed by atoms with Crippen molar-refractivity contribution in [2.45, 2.75) is 6.42 Å². The maximum atomic E-state index is 8.69. The molecule has 2 aromatic carbocycles. The molecule has 1 aromatic heterocycles. The van der Waals surface area contributed by atoms with Crippen molar-refractivity contribution in [1.82, 2.24) is 4.98 Å². The second kappa shape index (κ2) is 5.51. The smallest absolute Gasteiger partial charge is 0.0669 e. The van der Waals surface area contributed by atoms with Crippen LogP contribution in [0.4, 0.5) is 17.1 Å². The summed E-state index contributed by atoms with van der Waals surface area (Å²) in [6.45, 7) is 0. The van der Waals surface area contributed by atoms with Gasteiger partial charge in [-0.3, -0.25) is 4.98 Å². The molecule has 0 radical (unpaired) electrons. The molecule has 0 saturated heterocycles. The van der Waals surface area contributed by atoms with E-state index in [0.29, 0.717) is 12.1 Å². The molecule has 0 saturated carbocycles. The van der Waals surface area contributed by atoms with E-state index < -0.39 is 0 Å². The molecule has 21 heavy (non-hydrogen) atoms. The zero-order chi connectivity index (χ0) is 14.7. The van der Waals surface area contributed by atoms with Crippen molar-refractivity contribution in [3.8, 4) is 6.07 Å². The van der Waals surface area contributed by atoms with Gasteiger partial charge in [0.2, 0.25) is 0 Å². The van der Waals surface area contributed by atoms with Crippen molar-refractivity contribution in [1.29, 1.82) is 5.26 Å². The van der Waals surface area contributed by atoms with Crippen molar-refractivity contribution < 1.29 is 0 Å². The molecule has 3 aromatic rings. The van der Waals surface area contributed by atoms with E-state index in [-0.39, 0.29) is 0 Å². The number of nitrogens with one attached hydrogen (secondary N) is 1. The van der Waals surface area contributed by atoms with Gasteiger partial charge in [0, 0.05) is 40.2 Å². The number of hydrogen-bond acceptors (Lipinski definition) is 4. The van der Waals surface area contributed by atoms with Gasteiger partial charge in [-0.1, -0.05) is 12.1 Å². The van der Waals surface area contributed by atoms with Crippen LogP contribution in [-0.4, -0.2) is 4.98 Å². The first-order chi connectivity index (χ1) is 10.3. The molecule has 0 aliphatic carbocycles. The number of nitrogens with zero attached hydrogens (tertiary/aromatic N) is 2. The van der Waals surface area contributed by atoms with Crippen LogP contribution in [0, 0.1) is 11.3 Å². The van der Waals surface area contributed by atoms with E-state index in [1.165, 1.54) is 0 Å². The number of fused-ring (bicyclic) bond motifs is 1. The fourth-order valence-corrected chi connectivity index (χ4v) is 2.27. The highest BCUT2D eigenvalue weighted by molar-refractivity contribution is 6.01. The number of hydrogen-bond donors (Lipinski definition) is 2. The minimum absolute atomic E-state index is 0.427. The molecule has 3 N–H and O–H groups in total. The van der Waals surface area contributed by atoms with Crippen LogP contribution in [0.25, 0.3) is 10.8 Å². The average Bonchev–Trinajstić information content (AvgIpc) is 2.52. The highest BCUT2D eigenvalue weighted by atomic mass is 14.9. The minimum Gasteiger partial charge on any atom is -0.398 e. The number of benzene rings is 2. The molecular formula is C17H14N4. The Morgan fingerprint density at radius 3 is 2.62 bits per heavy atom. The molecule has 0 aliphatic rings. The largest absolute Gasteiger partial charge is 0.398 e. The number of nitrogen functional groups attached to an aromatic ring is 1. The van der Waals surface area contributed by atoms with Crippen molar-refractivity contribution in [2.75, 3.05) is 11.1 Å². The van der Waals surface area contributed by atoms with Crippen LogP contribution < -0.4 is 11.1 Å². The summed E-state index contributed by atoms with van der Waals surface area (Å²) in [6.07, 6.45) is 3.95. The van der Waals surface area contributed by atoms with Gasteiger partial charge in [0.15, 0.2) is 0 Å². The van der Waals surface area contributed by atoms with Crippen LogP contribution in [0.2, 0.25) is 0 Å². The quantitative estimate of drug-likeness (QED) is 0.715. The predicted molar refractivity (Wildman–Crippen MR) is 85.2 cm³/mol. The lowest BCUT2D eigenvalue weighted by atomic mass is 10.1. The average molecular weight is 274 g/mol. The third-order valence-corrected chi connectivity index (χ3v) is 3.37. The van der Waals surface area contributed by atoms with Crippen molar-refractivity contribution in [3.63, 3.8) is 0 Å². The van der Waals surface area contributed by atoms with Gasteiger partial charge in [-0.15, -0.1) is 0 Å². The molecule has 0 amide bonds. The zero-order valence-corrected chi connectivity index (χ0v) is 11.4. The van der Waals surface area contributed by atoms with Crippen LogP contribution in [-0.2, 0) is 6.42 Å². The molecular weight excluding hydrogens is 260 g/mol. The van der Waals surface area contributed by atoms with E-state index >= 15 is 0 Å². The van der Waals surface area contributed by atoms with Crippen LogP contribution in [0.15, 0.2) is 54.9 Å². The van der Waals surface area contributed by atoms with E-state index in [9.17, 15) is 0 Å². The Bertz CT molecular complexity index is 816. The molecule has 0 atom stereocenters. The predicted octanol–water partition coefficient (Wildman–Crippen LogP) is 3.63. The lowest BCUT2D eigenvalue weighted by Gasteiger charge is -2.11. The Hall–Kier alpha value is -3.06. The number of pyridine rings is 1. The monoisotopic (exact) mass is 274 g/mol. The first-order valence-electron chi connectivity index (χ1n) is 6.63. The Morgan fingerprint density at radius 2 is 1.86 bits per heavy atom. The zero-order valence-electron chi connectivity index (χ0n) is 11.4. The molecule has 4 heteroatoms. The number of nitrogens with two attached hydrogens (primary N) is 1. The van der Waals surface area contributed by atoms with Crippen molar-refractivity contribution in [2.24, 2.45) is 0 Å². The second-order valence-electron chi connectivity index (χ2n) is 4.78. The van der Waals surface area contributed by atoms with E-state index in [2.05, 4.69) is 16.4 Å². The Labute approximate surface area is 122 Å². The molecule has 3 rings (SSSR count). The van der Waals surface area contributed by atoms with Gasteiger partial charge in [-0.25, -0.2) is 0 Å². The molecule has 102 valence electrons. The molecule has 1 heterocycles. The van der Waals surface area contributed by atoms with Crippen LogP contribution in [0.5, 0.6) is 0 Å². The number of anilines is 3. The Kier molecular flexibility index (Phi) is 3.40. The van der Waals surface area contributed by atoms with Gasteiger partial charge >= 0.3 is 0 Å². The maximum absolute atomic E-state index is 8.69. The Morgan fingerprint density at radius 1 is 1.05 bits per heavy atom. The van der Waals surface area contributed by atoms with E-state index in [1.54, 1.807) is 12.4 Å².